The number of benzene rings is 1. The van der Waals surface area contributed by atoms with Crippen LogP contribution in [-0.2, 0) is 17.9 Å². The van der Waals surface area contributed by atoms with Crippen LogP contribution in [0.1, 0.15) is 43.2 Å². The smallest absolute Gasteiger partial charge is 0.220 e. The minimum Gasteiger partial charge on any atom is -0.352 e. The molecule has 0 unspecified atom stereocenters. The molecule has 1 aliphatic carbocycles. The second kappa shape index (κ2) is 7.59. The van der Waals surface area contributed by atoms with E-state index < -0.39 is 0 Å². The molecule has 3 heteroatoms. The maximum absolute atomic E-state index is 11.9. The van der Waals surface area contributed by atoms with Gasteiger partial charge in [0, 0.05) is 19.5 Å². The first-order valence-electron chi connectivity index (χ1n) is 8.53. The van der Waals surface area contributed by atoms with Crippen molar-refractivity contribution in [2.24, 2.45) is 5.92 Å². The fourth-order valence-corrected chi connectivity index (χ4v) is 3.34. The summed E-state index contributed by atoms with van der Waals surface area (Å²) < 4.78 is 0. The van der Waals surface area contributed by atoms with Crippen molar-refractivity contribution in [3.63, 3.8) is 0 Å². The molecular formula is C19H26N2O. The second-order valence-corrected chi connectivity index (χ2v) is 6.55. The van der Waals surface area contributed by atoms with E-state index in [0.717, 1.165) is 19.4 Å². The molecule has 1 fully saturated rings. The molecule has 1 heterocycles. The number of allylic oxidation sites excluding steroid dienone is 2. The number of hydrogen-bond acceptors (Lipinski definition) is 2. The SMILES string of the molecule is O=C(C[C@H]1C=CCC1)NCc1ccc(CN2CCCC2)cc1. The molecule has 118 valence electrons. The average Bonchev–Trinajstić information content (AvgIpc) is 3.20. The van der Waals surface area contributed by atoms with E-state index in [-0.39, 0.29) is 5.91 Å². The third-order valence-electron chi connectivity index (χ3n) is 4.68. The van der Waals surface area contributed by atoms with Crippen LogP contribution in [0.3, 0.4) is 0 Å². The van der Waals surface area contributed by atoms with Crippen molar-refractivity contribution in [2.75, 3.05) is 13.1 Å². The summed E-state index contributed by atoms with van der Waals surface area (Å²) in [6.07, 6.45) is 9.89. The predicted octanol–water partition coefficient (Wildman–Crippen LogP) is 3.25. The minimum absolute atomic E-state index is 0.165. The zero-order valence-electron chi connectivity index (χ0n) is 13.3. The maximum atomic E-state index is 11.9. The van der Waals surface area contributed by atoms with Gasteiger partial charge in [0.25, 0.3) is 0 Å². The van der Waals surface area contributed by atoms with Crippen LogP contribution in [-0.4, -0.2) is 23.9 Å². The van der Waals surface area contributed by atoms with Gasteiger partial charge in [0.1, 0.15) is 0 Å². The lowest BCUT2D eigenvalue weighted by Crippen LogP contribution is -2.24. The van der Waals surface area contributed by atoms with Gasteiger partial charge in [-0.05, 0) is 55.8 Å². The van der Waals surface area contributed by atoms with Gasteiger partial charge in [0.15, 0.2) is 0 Å². The maximum Gasteiger partial charge on any atom is 0.220 e. The predicted molar refractivity (Wildman–Crippen MR) is 89.3 cm³/mol. The Labute approximate surface area is 133 Å². The summed E-state index contributed by atoms with van der Waals surface area (Å²) in [6.45, 7) is 4.15. The van der Waals surface area contributed by atoms with E-state index in [1.165, 1.54) is 37.1 Å². The van der Waals surface area contributed by atoms with Crippen LogP contribution in [0, 0.1) is 5.92 Å². The van der Waals surface area contributed by atoms with Crippen LogP contribution in [0.25, 0.3) is 0 Å². The fourth-order valence-electron chi connectivity index (χ4n) is 3.34. The molecule has 1 atom stereocenters. The number of carbonyl (C=O) groups is 1. The molecule has 0 radical (unpaired) electrons. The van der Waals surface area contributed by atoms with Crippen molar-refractivity contribution in [1.29, 1.82) is 0 Å². The molecule has 0 saturated carbocycles. The number of likely N-dealkylation sites (tertiary alicyclic amines) is 1. The summed E-state index contributed by atoms with van der Waals surface area (Å²) in [6, 6.07) is 8.67. The number of nitrogens with one attached hydrogen (secondary N) is 1. The molecule has 3 rings (SSSR count). The first-order chi connectivity index (χ1) is 10.8. The Morgan fingerprint density at radius 3 is 2.55 bits per heavy atom. The molecule has 3 nitrogen and oxygen atoms in total. The van der Waals surface area contributed by atoms with Crippen LogP contribution in [0.15, 0.2) is 36.4 Å². The van der Waals surface area contributed by atoms with Gasteiger partial charge in [-0.25, -0.2) is 0 Å². The Balaban J connectivity index is 1.42. The van der Waals surface area contributed by atoms with E-state index in [0.29, 0.717) is 18.9 Å². The average molecular weight is 298 g/mol. The van der Waals surface area contributed by atoms with Gasteiger partial charge in [-0.1, -0.05) is 36.4 Å². The van der Waals surface area contributed by atoms with Crippen molar-refractivity contribution in [2.45, 2.75) is 45.2 Å². The standard InChI is InChI=1S/C19H26N2O/c22-19(13-16-5-1-2-6-16)20-14-17-7-9-18(10-8-17)15-21-11-3-4-12-21/h1,5,7-10,16H,2-4,6,11-15H2,(H,20,22)/t16-/m0/s1. The molecular weight excluding hydrogens is 272 g/mol. The normalized spacial score (nSPS) is 21.4. The summed E-state index contributed by atoms with van der Waals surface area (Å²) in [5.41, 5.74) is 2.55. The summed E-state index contributed by atoms with van der Waals surface area (Å²) >= 11 is 0. The van der Waals surface area contributed by atoms with E-state index >= 15 is 0 Å². The van der Waals surface area contributed by atoms with Crippen molar-refractivity contribution in [3.8, 4) is 0 Å². The molecule has 1 aromatic rings. The summed E-state index contributed by atoms with van der Waals surface area (Å²) in [5.74, 6) is 0.612. The lowest BCUT2D eigenvalue weighted by Gasteiger charge is -2.15. The van der Waals surface area contributed by atoms with Crippen LogP contribution in [0.5, 0.6) is 0 Å². The molecule has 1 N–H and O–H groups in total. The number of hydrogen-bond donors (Lipinski definition) is 1. The zero-order valence-corrected chi connectivity index (χ0v) is 13.3. The third-order valence-corrected chi connectivity index (χ3v) is 4.68. The highest BCUT2D eigenvalue weighted by atomic mass is 16.1. The molecule has 2 aliphatic rings. The lowest BCUT2D eigenvalue weighted by atomic mass is 10.0. The van der Waals surface area contributed by atoms with E-state index in [1.54, 1.807) is 0 Å². The van der Waals surface area contributed by atoms with E-state index in [4.69, 9.17) is 0 Å². The Bertz CT molecular complexity index is 515. The Morgan fingerprint density at radius 1 is 1.14 bits per heavy atom. The molecule has 22 heavy (non-hydrogen) atoms. The highest BCUT2D eigenvalue weighted by Crippen LogP contribution is 2.20. The third kappa shape index (κ3) is 4.44. The van der Waals surface area contributed by atoms with Crippen LogP contribution in [0.2, 0.25) is 0 Å². The highest BCUT2D eigenvalue weighted by molar-refractivity contribution is 5.76. The number of amides is 1. The first kappa shape index (κ1) is 15.3. The quantitative estimate of drug-likeness (QED) is 0.818. The van der Waals surface area contributed by atoms with Gasteiger partial charge in [0.2, 0.25) is 5.91 Å². The van der Waals surface area contributed by atoms with Crippen molar-refractivity contribution in [1.82, 2.24) is 10.2 Å². The zero-order chi connectivity index (χ0) is 15.2. The van der Waals surface area contributed by atoms with Gasteiger partial charge >= 0.3 is 0 Å². The van der Waals surface area contributed by atoms with Gasteiger partial charge in [0.05, 0.1) is 0 Å². The molecule has 1 aliphatic heterocycles. The van der Waals surface area contributed by atoms with E-state index in [1.807, 2.05) is 0 Å². The Morgan fingerprint density at radius 2 is 1.86 bits per heavy atom. The minimum atomic E-state index is 0.165. The van der Waals surface area contributed by atoms with Gasteiger partial charge in [-0.2, -0.15) is 0 Å². The Kier molecular flexibility index (Phi) is 5.28. The van der Waals surface area contributed by atoms with Crippen molar-refractivity contribution in [3.05, 3.63) is 47.5 Å². The first-order valence-corrected chi connectivity index (χ1v) is 8.53. The second-order valence-electron chi connectivity index (χ2n) is 6.55. The summed E-state index contributed by atoms with van der Waals surface area (Å²) in [5, 5.41) is 3.04. The van der Waals surface area contributed by atoms with Crippen LogP contribution in [0.4, 0.5) is 0 Å². The lowest BCUT2D eigenvalue weighted by molar-refractivity contribution is -0.121. The molecule has 0 aromatic heterocycles. The highest BCUT2D eigenvalue weighted by Gasteiger charge is 2.14. The van der Waals surface area contributed by atoms with E-state index in [2.05, 4.69) is 46.6 Å². The van der Waals surface area contributed by atoms with E-state index in [9.17, 15) is 4.79 Å². The largest absolute Gasteiger partial charge is 0.352 e. The van der Waals surface area contributed by atoms with Crippen LogP contribution < -0.4 is 5.32 Å². The molecule has 1 aromatic carbocycles. The van der Waals surface area contributed by atoms with Gasteiger partial charge < -0.3 is 5.32 Å². The van der Waals surface area contributed by atoms with Gasteiger partial charge in [-0.15, -0.1) is 0 Å². The molecule has 0 bridgehead atoms. The molecule has 1 saturated heterocycles. The van der Waals surface area contributed by atoms with Crippen molar-refractivity contribution >= 4 is 5.91 Å². The van der Waals surface area contributed by atoms with Crippen LogP contribution >= 0.6 is 0 Å². The summed E-state index contributed by atoms with van der Waals surface area (Å²) in [7, 11) is 0. The topological polar surface area (TPSA) is 32.3 Å². The fraction of sp³-hybridized carbons (Fsp3) is 0.526. The number of carbonyl (C=O) groups excluding carboxylic acids is 1. The molecule has 1 amide bonds. The summed E-state index contributed by atoms with van der Waals surface area (Å²) in [4.78, 5) is 14.4. The monoisotopic (exact) mass is 298 g/mol. The van der Waals surface area contributed by atoms with Gasteiger partial charge in [-0.3, -0.25) is 9.69 Å². The van der Waals surface area contributed by atoms with Crippen molar-refractivity contribution < 1.29 is 4.79 Å². The number of rotatable bonds is 6. The number of nitrogens with zero attached hydrogens (tertiary/aromatic N) is 1. The molecule has 0 spiro atoms. The Hall–Kier alpha value is -1.61.